The summed E-state index contributed by atoms with van der Waals surface area (Å²) >= 11 is 3.13. The Morgan fingerprint density at radius 1 is 1.64 bits per heavy atom. The van der Waals surface area contributed by atoms with Crippen molar-refractivity contribution >= 4 is 28.3 Å². The van der Waals surface area contributed by atoms with E-state index in [1.54, 1.807) is 23.1 Å². The van der Waals surface area contributed by atoms with Crippen molar-refractivity contribution < 1.29 is 5.11 Å². The highest BCUT2D eigenvalue weighted by atomic mass is 32.2. The maximum absolute atomic E-state index is 9.85. The number of aliphatic hydroxyl groups is 1. The molecule has 1 aliphatic heterocycles. The van der Waals surface area contributed by atoms with Crippen molar-refractivity contribution in [2.75, 3.05) is 18.8 Å². The summed E-state index contributed by atoms with van der Waals surface area (Å²) in [5, 5.41) is 22.0. The van der Waals surface area contributed by atoms with E-state index in [2.05, 4.69) is 0 Å². The van der Waals surface area contributed by atoms with Gasteiger partial charge in [-0.1, -0.05) is 11.8 Å². The standard InChI is InChI=1S/C9H12N2OS2/c10-9-11(2-4-14-9)5-8(12)7-1-3-13-6-7/h1,3,6,8,10,12H,2,4-5H2. The molecule has 0 bridgehead atoms. The van der Waals surface area contributed by atoms with Crippen LogP contribution in [0, 0.1) is 5.41 Å². The van der Waals surface area contributed by atoms with Gasteiger partial charge in [-0.3, -0.25) is 5.41 Å². The van der Waals surface area contributed by atoms with Gasteiger partial charge >= 0.3 is 0 Å². The fourth-order valence-corrected chi connectivity index (χ4v) is 2.96. The smallest absolute Gasteiger partial charge is 0.156 e. The van der Waals surface area contributed by atoms with Gasteiger partial charge in [-0.2, -0.15) is 11.3 Å². The van der Waals surface area contributed by atoms with E-state index >= 15 is 0 Å². The van der Waals surface area contributed by atoms with Crippen LogP contribution in [0.1, 0.15) is 11.7 Å². The van der Waals surface area contributed by atoms with E-state index in [-0.39, 0.29) is 0 Å². The third kappa shape index (κ3) is 2.10. The Bertz CT molecular complexity index is 313. The molecule has 3 nitrogen and oxygen atoms in total. The van der Waals surface area contributed by atoms with Crippen molar-refractivity contribution in [3.05, 3.63) is 22.4 Å². The van der Waals surface area contributed by atoms with Crippen molar-refractivity contribution in [3.8, 4) is 0 Å². The lowest BCUT2D eigenvalue weighted by molar-refractivity contribution is 0.148. The molecule has 1 atom stereocenters. The number of aliphatic hydroxyl groups excluding tert-OH is 1. The van der Waals surface area contributed by atoms with Crippen LogP contribution in [0.25, 0.3) is 0 Å². The van der Waals surface area contributed by atoms with Crippen LogP contribution in [0.3, 0.4) is 0 Å². The van der Waals surface area contributed by atoms with Gasteiger partial charge < -0.3 is 10.0 Å². The highest BCUT2D eigenvalue weighted by Gasteiger charge is 2.21. The van der Waals surface area contributed by atoms with E-state index in [1.807, 2.05) is 21.7 Å². The van der Waals surface area contributed by atoms with Gasteiger partial charge in [0.15, 0.2) is 5.17 Å². The number of rotatable bonds is 3. The monoisotopic (exact) mass is 228 g/mol. The largest absolute Gasteiger partial charge is 0.387 e. The van der Waals surface area contributed by atoms with E-state index in [9.17, 15) is 5.11 Å². The van der Waals surface area contributed by atoms with Gasteiger partial charge in [0.2, 0.25) is 0 Å². The average molecular weight is 228 g/mol. The highest BCUT2D eigenvalue weighted by Crippen LogP contribution is 2.22. The second-order valence-electron chi connectivity index (χ2n) is 3.17. The molecule has 2 heterocycles. The molecule has 0 aliphatic carbocycles. The molecule has 76 valence electrons. The van der Waals surface area contributed by atoms with E-state index in [1.165, 1.54) is 0 Å². The van der Waals surface area contributed by atoms with Crippen molar-refractivity contribution in [2.45, 2.75) is 6.10 Å². The van der Waals surface area contributed by atoms with Gasteiger partial charge in [0.05, 0.1) is 12.6 Å². The molecule has 1 unspecified atom stereocenters. The van der Waals surface area contributed by atoms with E-state index < -0.39 is 6.10 Å². The first-order chi connectivity index (χ1) is 6.77. The molecule has 1 aromatic rings. The minimum Gasteiger partial charge on any atom is -0.387 e. The Morgan fingerprint density at radius 3 is 3.07 bits per heavy atom. The normalized spacial score (nSPS) is 18.9. The summed E-state index contributed by atoms with van der Waals surface area (Å²) in [5.41, 5.74) is 0.958. The van der Waals surface area contributed by atoms with Crippen molar-refractivity contribution in [2.24, 2.45) is 0 Å². The molecule has 2 rings (SSSR count). The van der Waals surface area contributed by atoms with Gasteiger partial charge in [-0.05, 0) is 22.4 Å². The maximum atomic E-state index is 9.85. The van der Waals surface area contributed by atoms with E-state index in [4.69, 9.17) is 5.41 Å². The first-order valence-electron chi connectivity index (χ1n) is 4.44. The first-order valence-corrected chi connectivity index (χ1v) is 6.36. The number of nitrogens with zero attached hydrogens (tertiary/aromatic N) is 1. The minimum absolute atomic E-state index is 0.458. The second kappa shape index (κ2) is 4.33. The van der Waals surface area contributed by atoms with Crippen LogP contribution in [-0.4, -0.2) is 34.0 Å². The first kappa shape index (κ1) is 10.0. The topological polar surface area (TPSA) is 47.3 Å². The predicted octanol–water partition coefficient (Wildman–Crippen LogP) is 1.77. The summed E-state index contributed by atoms with van der Waals surface area (Å²) in [7, 11) is 0. The van der Waals surface area contributed by atoms with Gasteiger partial charge in [0, 0.05) is 12.3 Å². The van der Waals surface area contributed by atoms with Crippen LogP contribution >= 0.6 is 23.1 Å². The zero-order valence-electron chi connectivity index (χ0n) is 7.64. The van der Waals surface area contributed by atoms with Crippen molar-refractivity contribution in [3.63, 3.8) is 0 Å². The van der Waals surface area contributed by atoms with Gasteiger partial charge in [-0.15, -0.1) is 0 Å². The summed E-state index contributed by atoms with van der Waals surface area (Å²) in [6, 6.07) is 1.93. The number of hydrogen-bond acceptors (Lipinski definition) is 4. The molecular weight excluding hydrogens is 216 g/mol. The molecule has 1 fully saturated rings. The summed E-state index contributed by atoms with van der Waals surface area (Å²) in [6.45, 7) is 1.42. The molecule has 0 radical (unpaired) electrons. The lowest BCUT2D eigenvalue weighted by Gasteiger charge is -2.20. The van der Waals surface area contributed by atoms with Crippen LogP contribution in [-0.2, 0) is 0 Å². The Kier molecular flexibility index (Phi) is 3.10. The summed E-state index contributed by atoms with van der Waals surface area (Å²) in [5.74, 6) is 0.967. The van der Waals surface area contributed by atoms with Crippen LogP contribution in [0.5, 0.6) is 0 Å². The molecule has 1 saturated heterocycles. The molecule has 14 heavy (non-hydrogen) atoms. The van der Waals surface area contributed by atoms with Crippen molar-refractivity contribution in [1.82, 2.24) is 4.90 Å². The number of thioether (sulfide) groups is 1. The summed E-state index contributed by atoms with van der Waals surface area (Å²) in [4.78, 5) is 1.92. The molecule has 0 aromatic carbocycles. The van der Waals surface area contributed by atoms with Gasteiger partial charge in [0.25, 0.3) is 0 Å². The van der Waals surface area contributed by atoms with Crippen LogP contribution in [0.4, 0.5) is 0 Å². The Balaban J connectivity index is 1.94. The SMILES string of the molecule is N=C1SCCN1CC(O)c1ccsc1. The molecular formula is C9H12N2OS2. The lowest BCUT2D eigenvalue weighted by Crippen LogP contribution is -2.28. The highest BCUT2D eigenvalue weighted by molar-refractivity contribution is 8.14. The Hall–Kier alpha value is -0.520. The van der Waals surface area contributed by atoms with Crippen LogP contribution in [0.2, 0.25) is 0 Å². The Morgan fingerprint density at radius 2 is 2.50 bits per heavy atom. The zero-order valence-corrected chi connectivity index (χ0v) is 9.27. The fourth-order valence-electron chi connectivity index (χ4n) is 1.40. The van der Waals surface area contributed by atoms with Crippen LogP contribution < -0.4 is 0 Å². The fraction of sp³-hybridized carbons (Fsp3) is 0.444. The Labute approximate surface area is 91.3 Å². The van der Waals surface area contributed by atoms with Crippen molar-refractivity contribution in [1.29, 1.82) is 5.41 Å². The molecule has 5 heteroatoms. The van der Waals surface area contributed by atoms with Crippen LogP contribution in [0.15, 0.2) is 16.8 Å². The zero-order chi connectivity index (χ0) is 9.97. The van der Waals surface area contributed by atoms with Gasteiger partial charge in [0.1, 0.15) is 0 Å². The maximum Gasteiger partial charge on any atom is 0.156 e. The second-order valence-corrected chi connectivity index (χ2v) is 5.04. The predicted molar refractivity (Wildman–Crippen MR) is 61.0 cm³/mol. The van der Waals surface area contributed by atoms with Gasteiger partial charge in [-0.25, -0.2) is 0 Å². The lowest BCUT2D eigenvalue weighted by atomic mass is 10.2. The molecule has 0 spiro atoms. The molecule has 1 aliphatic rings. The summed E-state index contributed by atoms with van der Waals surface area (Å²) < 4.78 is 0. The minimum atomic E-state index is -0.458. The number of hydrogen-bond donors (Lipinski definition) is 2. The third-order valence-electron chi connectivity index (χ3n) is 2.21. The van der Waals surface area contributed by atoms with E-state index in [0.29, 0.717) is 11.7 Å². The third-order valence-corrected chi connectivity index (χ3v) is 3.83. The molecule has 2 N–H and O–H groups in total. The average Bonchev–Trinajstić information content (AvgIpc) is 2.77. The summed E-state index contributed by atoms with van der Waals surface area (Å²) in [6.07, 6.45) is -0.458. The number of thiophene rings is 1. The quantitative estimate of drug-likeness (QED) is 0.829. The number of amidine groups is 1. The number of β-amino-alcohol motifs (C(OH)–C–C–N with tert-alkyl or cyclic N) is 1. The van der Waals surface area contributed by atoms with E-state index in [0.717, 1.165) is 17.9 Å². The molecule has 0 saturated carbocycles. The number of nitrogens with one attached hydrogen (secondary N) is 1. The molecule has 0 amide bonds. The molecule has 1 aromatic heterocycles.